The highest BCUT2D eigenvalue weighted by atomic mass is 32.1. The van der Waals surface area contributed by atoms with Crippen molar-refractivity contribution in [2.24, 2.45) is 10.7 Å². The van der Waals surface area contributed by atoms with Crippen molar-refractivity contribution in [3.05, 3.63) is 52.2 Å². The number of aliphatic imine (C=N–C) groups is 1. The van der Waals surface area contributed by atoms with E-state index in [0.717, 1.165) is 25.5 Å². The van der Waals surface area contributed by atoms with Crippen molar-refractivity contribution in [1.82, 2.24) is 10.6 Å². The van der Waals surface area contributed by atoms with Gasteiger partial charge in [-0.15, -0.1) is 0 Å². The van der Waals surface area contributed by atoms with Crippen molar-refractivity contribution < 1.29 is 9.53 Å². The average Bonchev–Trinajstić information content (AvgIpc) is 3.12. The van der Waals surface area contributed by atoms with Gasteiger partial charge >= 0.3 is 0 Å². The summed E-state index contributed by atoms with van der Waals surface area (Å²) in [6, 6.07) is 9.72. The third-order valence-electron chi connectivity index (χ3n) is 3.35. The molecule has 0 atom stereocenters. The van der Waals surface area contributed by atoms with E-state index in [-0.39, 0.29) is 6.61 Å². The zero-order valence-electron chi connectivity index (χ0n) is 14.3. The maximum atomic E-state index is 10.7. The summed E-state index contributed by atoms with van der Waals surface area (Å²) in [5, 5.41) is 10.7. The Bertz CT molecular complexity index is 669. The summed E-state index contributed by atoms with van der Waals surface area (Å²) in [7, 11) is 0. The molecule has 0 bridgehead atoms. The molecular weight excluding hydrogens is 336 g/mol. The molecule has 2 rings (SSSR count). The van der Waals surface area contributed by atoms with Gasteiger partial charge in [0.15, 0.2) is 12.6 Å². The number of amides is 1. The van der Waals surface area contributed by atoms with E-state index in [0.29, 0.717) is 12.3 Å². The van der Waals surface area contributed by atoms with Crippen LogP contribution in [0.4, 0.5) is 0 Å². The lowest BCUT2D eigenvalue weighted by molar-refractivity contribution is -0.119. The first-order chi connectivity index (χ1) is 12.2. The molecule has 0 aliphatic carbocycles. The summed E-state index contributed by atoms with van der Waals surface area (Å²) in [4.78, 5) is 15.3. The highest BCUT2D eigenvalue weighted by Gasteiger charge is 2.01. The molecule has 0 aliphatic heterocycles. The van der Waals surface area contributed by atoms with Gasteiger partial charge < -0.3 is 21.1 Å². The lowest BCUT2D eigenvalue weighted by atomic mass is 10.1. The quantitative estimate of drug-likeness (QED) is 0.471. The largest absolute Gasteiger partial charge is 0.484 e. The average molecular weight is 360 g/mol. The number of ether oxygens (including phenoxy) is 1. The van der Waals surface area contributed by atoms with Crippen LogP contribution in [0.1, 0.15) is 18.1 Å². The van der Waals surface area contributed by atoms with Crippen molar-refractivity contribution in [3.63, 3.8) is 0 Å². The summed E-state index contributed by atoms with van der Waals surface area (Å²) >= 11 is 1.68. The maximum Gasteiger partial charge on any atom is 0.255 e. The molecule has 1 amide bonds. The molecule has 4 N–H and O–H groups in total. The number of carbonyl (C=O) groups excluding carboxylic acids is 1. The minimum Gasteiger partial charge on any atom is -0.484 e. The van der Waals surface area contributed by atoms with E-state index in [9.17, 15) is 4.79 Å². The number of carbonyl (C=O) groups is 1. The number of hydrogen-bond acceptors (Lipinski definition) is 4. The molecule has 0 saturated heterocycles. The van der Waals surface area contributed by atoms with E-state index in [1.165, 1.54) is 11.1 Å². The Morgan fingerprint density at radius 1 is 1.20 bits per heavy atom. The monoisotopic (exact) mass is 360 g/mol. The smallest absolute Gasteiger partial charge is 0.255 e. The second kappa shape index (κ2) is 10.4. The maximum absolute atomic E-state index is 10.7. The van der Waals surface area contributed by atoms with E-state index >= 15 is 0 Å². The van der Waals surface area contributed by atoms with Crippen LogP contribution in [-0.2, 0) is 17.8 Å². The first kappa shape index (κ1) is 18.8. The number of nitrogens with zero attached hydrogens (tertiary/aromatic N) is 1. The fraction of sp³-hybridized carbons (Fsp3) is 0.333. The van der Waals surface area contributed by atoms with Crippen molar-refractivity contribution in [1.29, 1.82) is 0 Å². The molecule has 7 heteroatoms. The van der Waals surface area contributed by atoms with Crippen LogP contribution in [0, 0.1) is 0 Å². The SMILES string of the molecule is CCNC(=NCc1ccsc1)NCCc1ccc(OCC(N)=O)cc1. The molecule has 0 spiro atoms. The highest BCUT2D eigenvalue weighted by molar-refractivity contribution is 7.07. The van der Waals surface area contributed by atoms with E-state index in [1.54, 1.807) is 11.3 Å². The number of primary amides is 1. The van der Waals surface area contributed by atoms with Crippen LogP contribution >= 0.6 is 11.3 Å². The summed E-state index contributed by atoms with van der Waals surface area (Å²) < 4.78 is 5.25. The van der Waals surface area contributed by atoms with Gasteiger partial charge in [0.1, 0.15) is 5.75 Å². The fourth-order valence-corrected chi connectivity index (χ4v) is 2.79. The minimum atomic E-state index is -0.481. The summed E-state index contributed by atoms with van der Waals surface area (Å²) in [6.07, 6.45) is 0.860. The van der Waals surface area contributed by atoms with Gasteiger partial charge in [-0.25, -0.2) is 4.99 Å². The van der Waals surface area contributed by atoms with Crippen molar-refractivity contribution in [3.8, 4) is 5.75 Å². The Morgan fingerprint density at radius 2 is 2.00 bits per heavy atom. The molecule has 0 radical (unpaired) electrons. The van der Waals surface area contributed by atoms with Gasteiger partial charge in [-0.2, -0.15) is 11.3 Å². The van der Waals surface area contributed by atoms with Crippen molar-refractivity contribution in [2.45, 2.75) is 19.9 Å². The van der Waals surface area contributed by atoms with Crippen molar-refractivity contribution >= 4 is 23.2 Å². The van der Waals surface area contributed by atoms with Gasteiger partial charge in [0.2, 0.25) is 0 Å². The van der Waals surface area contributed by atoms with E-state index in [1.807, 2.05) is 31.2 Å². The molecule has 25 heavy (non-hydrogen) atoms. The zero-order valence-corrected chi connectivity index (χ0v) is 15.1. The number of guanidine groups is 1. The molecule has 1 heterocycles. The van der Waals surface area contributed by atoms with Crippen LogP contribution in [0.2, 0.25) is 0 Å². The van der Waals surface area contributed by atoms with Crippen molar-refractivity contribution in [2.75, 3.05) is 19.7 Å². The third kappa shape index (κ3) is 7.26. The number of nitrogens with two attached hydrogens (primary N) is 1. The van der Waals surface area contributed by atoms with Crippen LogP contribution in [0.15, 0.2) is 46.1 Å². The van der Waals surface area contributed by atoms with E-state index < -0.39 is 5.91 Å². The Morgan fingerprint density at radius 3 is 2.64 bits per heavy atom. The van der Waals surface area contributed by atoms with Crippen LogP contribution in [0.5, 0.6) is 5.75 Å². The lowest BCUT2D eigenvalue weighted by Crippen LogP contribution is -2.38. The Labute approximate surface area is 152 Å². The molecule has 6 nitrogen and oxygen atoms in total. The van der Waals surface area contributed by atoms with Gasteiger partial charge in [-0.1, -0.05) is 12.1 Å². The predicted molar refractivity (Wildman–Crippen MR) is 102 cm³/mol. The van der Waals surface area contributed by atoms with Crippen LogP contribution < -0.4 is 21.1 Å². The zero-order chi connectivity index (χ0) is 17.9. The molecular formula is C18H24N4O2S. The number of hydrogen-bond donors (Lipinski definition) is 3. The van der Waals surface area contributed by atoms with Crippen LogP contribution in [-0.4, -0.2) is 31.6 Å². The number of rotatable bonds is 9. The lowest BCUT2D eigenvalue weighted by Gasteiger charge is -2.11. The number of thiophene rings is 1. The second-order valence-electron chi connectivity index (χ2n) is 5.40. The van der Waals surface area contributed by atoms with Crippen LogP contribution in [0.25, 0.3) is 0 Å². The van der Waals surface area contributed by atoms with Gasteiger partial charge in [0.05, 0.1) is 6.54 Å². The molecule has 0 aliphatic rings. The molecule has 134 valence electrons. The minimum absolute atomic E-state index is 0.104. The summed E-state index contributed by atoms with van der Waals surface area (Å²) in [5.41, 5.74) is 7.45. The normalized spacial score (nSPS) is 11.2. The van der Waals surface area contributed by atoms with Gasteiger partial charge in [-0.05, 0) is 53.4 Å². The molecule has 0 unspecified atom stereocenters. The van der Waals surface area contributed by atoms with Gasteiger partial charge in [-0.3, -0.25) is 4.79 Å². The van der Waals surface area contributed by atoms with Gasteiger partial charge in [0.25, 0.3) is 5.91 Å². The molecule has 0 fully saturated rings. The third-order valence-corrected chi connectivity index (χ3v) is 4.09. The topological polar surface area (TPSA) is 88.7 Å². The summed E-state index contributed by atoms with van der Waals surface area (Å²) in [6.45, 7) is 4.21. The second-order valence-corrected chi connectivity index (χ2v) is 6.18. The predicted octanol–water partition coefficient (Wildman–Crippen LogP) is 1.91. The molecule has 1 aromatic carbocycles. The van der Waals surface area contributed by atoms with Crippen LogP contribution in [0.3, 0.4) is 0 Å². The van der Waals surface area contributed by atoms with E-state index in [4.69, 9.17) is 10.5 Å². The molecule has 2 aromatic rings. The first-order valence-electron chi connectivity index (χ1n) is 8.20. The van der Waals surface area contributed by atoms with Gasteiger partial charge in [0, 0.05) is 13.1 Å². The summed E-state index contributed by atoms with van der Waals surface area (Å²) in [5.74, 6) is 0.974. The standard InChI is InChI=1S/C18H24N4O2S/c1-2-20-18(22-11-15-8-10-25-13-15)21-9-7-14-3-5-16(6-4-14)24-12-17(19)23/h3-6,8,10,13H,2,7,9,11-12H2,1H3,(H2,19,23)(H2,20,21,22). The first-order valence-corrected chi connectivity index (χ1v) is 9.15. The van der Waals surface area contributed by atoms with E-state index in [2.05, 4.69) is 32.5 Å². The Balaban J connectivity index is 1.78. The Kier molecular flexibility index (Phi) is 7.78. The Hall–Kier alpha value is -2.54. The highest BCUT2D eigenvalue weighted by Crippen LogP contribution is 2.12. The molecule has 0 saturated carbocycles. The number of benzene rings is 1. The fourth-order valence-electron chi connectivity index (χ4n) is 2.13. The number of nitrogens with one attached hydrogen (secondary N) is 2. The molecule has 1 aromatic heterocycles.